The summed E-state index contributed by atoms with van der Waals surface area (Å²) >= 11 is 0. The van der Waals surface area contributed by atoms with E-state index in [0.717, 1.165) is 4.90 Å². The number of esters is 2. The molecule has 5 atom stereocenters. The third kappa shape index (κ3) is 9.97. The van der Waals surface area contributed by atoms with Gasteiger partial charge in [0, 0.05) is 12.1 Å². The number of nitrogens with zero attached hydrogens (tertiary/aromatic N) is 1. The quantitative estimate of drug-likeness (QED) is 0.0759. The van der Waals surface area contributed by atoms with Crippen LogP contribution in [0.25, 0.3) is 0 Å². The summed E-state index contributed by atoms with van der Waals surface area (Å²) in [4.78, 5) is 65.9. The number of aliphatic hydroxyl groups is 1. The molecule has 0 spiro atoms. The molecule has 2 unspecified atom stereocenters. The van der Waals surface area contributed by atoms with Crippen molar-refractivity contribution in [1.82, 2.24) is 10.2 Å². The van der Waals surface area contributed by atoms with E-state index in [1.807, 2.05) is 33.9 Å². The second kappa shape index (κ2) is 15.2. The van der Waals surface area contributed by atoms with Gasteiger partial charge in [-0.2, -0.15) is 0 Å². The number of carbonyl (C=O) groups excluding carboxylic acids is 5. The van der Waals surface area contributed by atoms with Crippen LogP contribution in [0.15, 0.2) is 43.0 Å². The molecule has 2 amide bonds. The van der Waals surface area contributed by atoms with Crippen molar-refractivity contribution in [2.24, 2.45) is 11.8 Å². The van der Waals surface area contributed by atoms with E-state index in [4.69, 9.17) is 18.6 Å². The topological polar surface area (TPSA) is 158 Å². The molecule has 0 bridgehead atoms. The molecule has 1 heterocycles. The standard InChI is InChI=1S/C32H48N2O10Si/c1-11-17-41-29(39)28(38)34-25(24(27(34)37)20(2)44-45(9,10)32(6,7)8)22(26(36)21-15-13-12-14-16-21)18-33-30(40)42-19-23(35)43-31(3,4)5/h11-16,20,22,24-25,28,38H,1,17-19H2,2-10H3,(H,33,40)/t20-,22?,24-,25-,28?/m1/s1. The van der Waals surface area contributed by atoms with Crippen LogP contribution in [0.4, 0.5) is 4.79 Å². The van der Waals surface area contributed by atoms with E-state index < -0.39 is 80.5 Å². The molecule has 0 saturated carbocycles. The maximum atomic E-state index is 14.0. The summed E-state index contributed by atoms with van der Waals surface area (Å²) in [5.41, 5.74) is -0.498. The van der Waals surface area contributed by atoms with Gasteiger partial charge in [0.25, 0.3) is 0 Å². The molecule has 12 nitrogen and oxygen atoms in total. The number of ketones is 1. The number of Topliss-reactive ketones (excluding diaryl/α,β-unsaturated/α-hetero) is 1. The minimum Gasteiger partial charge on any atom is -0.458 e. The Morgan fingerprint density at radius 1 is 1.07 bits per heavy atom. The molecule has 1 aromatic carbocycles. The Bertz CT molecular complexity index is 1240. The van der Waals surface area contributed by atoms with E-state index in [2.05, 4.69) is 11.9 Å². The Kier molecular flexibility index (Phi) is 12.7. The van der Waals surface area contributed by atoms with E-state index in [9.17, 15) is 29.1 Å². The smallest absolute Gasteiger partial charge is 0.407 e. The molecule has 0 radical (unpaired) electrons. The van der Waals surface area contributed by atoms with Crippen molar-refractivity contribution >= 4 is 38.0 Å². The van der Waals surface area contributed by atoms with Crippen LogP contribution < -0.4 is 5.32 Å². The van der Waals surface area contributed by atoms with Gasteiger partial charge in [0.2, 0.25) is 12.1 Å². The largest absolute Gasteiger partial charge is 0.458 e. The van der Waals surface area contributed by atoms with Gasteiger partial charge in [0.05, 0.1) is 24.0 Å². The lowest BCUT2D eigenvalue weighted by atomic mass is 9.73. The number of β-lactam (4-membered cyclic amide) rings is 1. The number of amides is 2. The van der Waals surface area contributed by atoms with E-state index >= 15 is 0 Å². The molecular weight excluding hydrogens is 600 g/mol. The van der Waals surface area contributed by atoms with Crippen LogP contribution in [0.5, 0.6) is 0 Å². The van der Waals surface area contributed by atoms with E-state index in [1.54, 1.807) is 58.0 Å². The zero-order chi connectivity index (χ0) is 34.3. The third-order valence-electron chi connectivity index (χ3n) is 7.85. The summed E-state index contributed by atoms with van der Waals surface area (Å²) in [7, 11) is -2.42. The highest BCUT2D eigenvalue weighted by molar-refractivity contribution is 6.74. The summed E-state index contributed by atoms with van der Waals surface area (Å²) in [5, 5.41) is 13.3. The molecule has 1 saturated heterocycles. The number of benzene rings is 1. The number of hydrogen-bond acceptors (Lipinski definition) is 10. The van der Waals surface area contributed by atoms with Crippen molar-refractivity contribution in [2.45, 2.75) is 90.6 Å². The molecule has 1 fully saturated rings. The molecular formula is C32H48N2O10Si. The lowest BCUT2D eigenvalue weighted by molar-refractivity contribution is -0.199. The van der Waals surface area contributed by atoms with Crippen molar-refractivity contribution < 1.29 is 47.7 Å². The number of nitrogens with one attached hydrogen (secondary N) is 1. The van der Waals surface area contributed by atoms with Crippen LogP contribution in [-0.4, -0.2) is 91.8 Å². The molecule has 1 aromatic rings. The van der Waals surface area contributed by atoms with Crippen LogP contribution in [0.2, 0.25) is 18.1 Å². The van der Waals surface area contributed by atoms with Crippen LogP contribution >= 0.6 is 0 Å². The average Bonchev–Trinajstić information content (AvgIpc) is 2.92. The Balaban J connectivity index is 2.46. The van der Waals surface area contributed by atoms with Gasteiger partial charge >= 0.3 is 18.0 Å². The summed E-state index contributed by atoms with van der Waals surface area (Å²) in [6.07, 6.45) is -2.42. The van der Waals surface area contributed by atoms with Crippen molar-refractivity contribution in [3.8, 4) is 0 Å². The first-order valence-corrected chi connectivity index (χ1v) is 17.8. The monoisotopic (exact) mass is 648 g/mol. The second-order valence-corrected chi connectivity index (χ2v) is 18.3. The SMILES string of the molecule is C=CCOC(=O)C(O)N1C(=O)[C@H]([C@@H](C)O[Si](C)(C)C(C)(C)C)[C@H]1C(CNC(=O)OCC(=O)OC(C)(C)C)C(=O)c1ccccc1. The number of hydrogen-bond donors (Lipinski definition) is 2. The predicted octanol–water partition coefficient (Wildman–Crippen LogP) is 3.84. The Labute approximate surface area is 266 Å². The highest BCUT2D eigenvalue weighted by atomic mass is 28.4. The summed E-state index contributed by atoms with van der Waals surface area (Å²) < 4.78 is 21.7. The zero-order valence-corrected chi connectivity index (χ0v) is 28.7. The van der Waals surface area contributed by atoms with Crippen molar-refractivity contribution in [3.63, 3.8) is 0 Å². The van der Waals surface area contributed by atoms with Gasteiger partial charge in [-0.25, -0.2) is 14.4 Å². The molecule has 1 aliphatic heterocycles. The number of rotatable bonds is 14. The molecule has 13 heteroatoms. The molecule has 250 valence electrons. The Morgan fingerprint density at radius 2 is 1.67 bits per heavy atom. The van der Waals surface area contributed by atoms with Crippen LogP contribution in [0, 0.1) is 11.8 Å². The molecule has 2 N–H and O–H groups in total. The fraction of sp³-hybridized carbons (Fsp3) is 0.594. The summed E-state index contributed by atoms with van der Waals surface area (Å²) in [6, 6.07) is 7.15. The first-order valence-electron chi connectivity index (χ1n) is 14.9. The lowest BCUT2D eigenvalue weighted by Gasteiger charge is -2.54. The molecule has 2 rings (SSSR count). The van der Waals surface area contributed by atoms with Gasteiger partial charge in [-0.1, -0.05) is 63.8 Å². The fourth-order valence-electron chi connectivity index (χ4n) is 4.73. The number of aliphatic hydroxyl groups excluding tert-OH is 1. The first kappa shape index (κ1) is 37.6. The molecule has 0 aromatic heterocycles. The fourth-order valence-corrected chi connectivity index (χ4v) is 6.16. The van der Waals surface area contributed by atoms with Gasteiger partial charge in [0.15, 0.2) is 20.7 Å². The molecule has 0 aliphatic carbocycles. The number of carbonyl (C=O) groups is 5. The maximum absolute atomic E-state index is 14.0. The van der Waals surface area contributed by atoms with E-state index in [1.165, 1.54) is 6.08 Å². The van der Waals surface area contributed by atoms with Gasteiger partial charge in [0.1, 0.15) is 12.2 Å². The maximum Gasteiger partial charge on any atom is 0.407 e. The highest BCUT2D eigenvalue weighted by Crippen LogP contribution is 2.43. The molecule has 1 aliphatic rings. The van der Waals surface area contributed by atoms with Gasteiger partial charge in [-0.3, -0.25) is 9.59 Å². The van der Waals surface area contributed by atoms with Crippen LogP contribution in [0.1, 0.15) is 58.8 Å². The normalized spacial score (nSPS) is 19.0. The predicted molar refractivity (Wildman–Crippen MR) is 168 cm³/mol. The van der Waals surface area contributed by atoms with Gasteiger partial charge in [-0.05, 0) is 45.8 Å². The van der Waals surface area contributed by atoms with Crippen molar-refractivity contribution in [2.75, 3.05) is 19.8 Å². The minimum absolute atomic E-state index is 0.198. The first-order chi connectivity index (χ1) is 20.7. The van der Waals surface area contributed by atoms with Crippen LogP contribution in [0.3, 0.4) is 0 Å². The average molecular weight is 649 g/mol. The minimum atomic E-state index is -2.42. The molecule has 45 heavy (non-hydrogen) atoms. The Hall–Kier alpha value is -3.55. The summed E-state index contributed by atoms with van der Waals surface area (Å²) in [6.45, 7) is 19.2. The van der Waals surface area contributed by atoms with Crippen molar-refractivity contribution in [3.05, 3.63) is 48.6 Å². The third-order valence-corrected chi connectivity index (χ3v) is 12.4. The van der Waals surface area contributed by atoms with Gasteiger partial charge < -0.3 is 34.0 Å². The number of likely N-dealkylation sites (tertiary alicyclic amines) is 1. The zero-order valence-electron chi connectivity index (χ0n) is 27.7. The lowest BCUT2D eigenvalue weighted by Crippen LogP contribution is -2.73. The highest BCUT2D eigenvalue weighted by Gasteiger charge is 2.59. The van der Waals surface area contributed by atoms with Crippen molar-refractivity contribution in [1.29, 1.82) is 0 Å². The van der Waals surface area contributed by atoms with E-state index in [-0.39, 0.29) is 23.8 Å². The number of ether oxygens (including phenoxy) is 3. The van der Waals surface area contributed by atoms with Gasteiger partial charge in [-0.15, -0.1) is 0 Å². The Morgan fingerprint density at radius 3 is 2.20 bits per heavy atom. The number of alkyl carbamates (subject to hydrolysis) is 1. The van der Waals surface area contributed by atoms with Crippen LogP contribution in [-0.2, 0) is 33.0 Å². The second-order valence-electron chi connectivity index (χ2n) is 13.5. The van der Waals surface area contributed by atoms with E-state index in [0.29, 0.717) is 0 Å². The summed E-state index contributed by atoms with van der Waals surface area (Å²) in [5.74, 6) is -5.02.